The lowest BCUT2D eigenvalue weighted by atomic mass is 9.83. The summed E-state index contributed by atoms with van der Waals surface area (Å²) in [4.78, 5) is 27.9. The van der Waals surface area contributed by atoms with E-state index in [1.807, 2.05) is 36.4 Å². The molecule has 0 spiro atoms. The van der Waals surface area contributed by atoms with Crippen molar-refractivity contribution in [3.05, 3.63) is 81.3 Å². The van der Waals surface area contributed by atoms with Gasteiger partial charge < -0.3 is 15.2 Å². The first-order valence-electron chi connectivity index (χ1n) is 9.91. The van der Waals surface area contributed by atoms with Crippen LogP contribution < -0.4 is 5.32 Å². The van der Waals surface area contributed by atoms with Gasteiger partial charge in [-0.3, -0.25) is 0 Å². The van der Waals surface area contributed by atoms with Gasteiger partial charge in [0.05, 0.1) is 11.3 Å². The van der Waals surface area contributed by atoms with Crippen molar-refractivity contribution in [2.45, 2.75) is 31.2 Å². The van der Waals surface area contributed by atoms with Gasteiger partial charge in [-0.25, -0.2) is 9.78 Å². The molecule has 4 rings (SSSR count). The molecule has 152 valence electrons. The Morgan fingerprint density at radius 2 is 2.00 bits per heavy atom. The summed E-state index contributed by atoms with van der Waals surface area (Å²) >= 11 is 1.65. The fourth-order valence-electron chi connectivity index (χ4n) is 3.50. The molecule has 0 radical (unpaired) electrons. The second kappa shape index (κ2) is 9.05. The molecule has 1 atom stereocenters. The molecule has 1 unspecified atom stereocenters. The lowest BCUT2D eigenvalue weighted by Crippen LogP contribution is -2.16. The van der Waals surface area contributed by atoms with Crippen LogP contribution in [0.3, 0.4) is 0 Å². The van der Waals surface area contributed by atoms with E-state index in [4.69, 9.17) is 4.98 Å². The van der Waals surface area contributed by atoms with Crippen LogP contribution in [-0.2, 0) is 4.79 Å². The van der Waals surface area contributed by atoms with Gasteiger partial charge in [-0.15, -0.1) is 11.3 Å². The molecule has 1 aromatic heterocycles. The zero-order valence-electron chi connectivity index (χ0n) is 16.3. The minimum absolute atomic E-state index is 0.115. The van der Waals surface area contributed by atoms with Crippen LogP contribution in [0, 0.1) is 0 Å². The van der Waals surface area contributed by atoms with E-state index in [1.54, 1.807) is 29.5 Å². The highest BCUT2D eigenvalue weighted by atomic mass is 32.1. The van der Waals surface area contributed by atoms with Crippen LogP contribution in [-0.4, -0.2) is 22.3 Å². The molecule has 1 saturated carbocycles. The largest absolute Gasteiger partial charge is 0.478 e. The van der Waals surface area contributed by atoms with E-state index in [0.717, 1.165) is 22.5 Å². The van der Waals surface area contributed by atoms with Crippen LogP contribution in [0.15, 0.2) is 53.9 Å². The van der Waals surface area contributed by atoms with Crippen LogP contribution >= 0.6 is 11.3 Å². The zero-order chi connectivity index (χ0) is 20.9. The first-order chi connectivity index (χ1) is 14.6. The van der Waals surface area contributed by atoms with Gasteiger partial charge in [0.2, 0.25) is 0 Å². The number of aromatic nitrogens is 1. The predicted octanol–water partition coefficient (Wildman–Crippen LogP) is 5.63. The average Bonchev–Trinajstić information content (AvgIpc) is 3.17. The molecule has 1 fully saturated rings. The first kappa shape index (κ1) is 20.0. The summed E-state index contributed by atoms with van der Waals surface area (Å²) in [6, 6.07) is 13.4. The maximum Gasteiger partial charge on any atom is 0.336 e. The van der Waals surface area contributed by atoms with Gasteiger partial charge in [-0.1, -0.05) is 42.8 Å². The summed E-state index contributed by atoms with van der Waals surface area (Å²) in [6.45, 7) is 0. The molecule has 6 heteroatoms. The van der Waals surface area contributed by atoms with E-state index >= 15 is 0 Å². The zero-order valence-corrected chi connectivity index (χ0v) is 17.1. The number of hydrogen-bond donors (Lipinski definition) is 2. The molecule has 1 heterocycles. The molecular weight excluding hydrogens is 396 g/mol. The van der Waals surface area contributed by atoms with Crippen molar-refractivity contribution in [1.29, 1.82) is 0 Å². The van der Waals surface area contributed by atoms with Gasteiger partial charge in [0, 0.05) is 17.0 Å². The van der Waals surface area contributed by atoms with Crippen molar-refractivity contribution >= 4 is 41.4 Å². The summed E-state index contributed by atoms with van der Waals surface area (Å²) in [7, 11) is 0. The number of hydrogen-bond acceptors (Lipinski definition) is 5. The van der Waals surface area contributed by atoms with Gasteiger partial charge in [-0.2, -0.15) is 0 Å². The topological polar surface area (TPSA) is 79.3 Å². The van der Waals surface area contributed by atoms with Crippen molar-refractivity contribution in [3.8, 4) is 0 Å². The smallest absolute Gasteiger partial charge is 0.336 e. The molecule has 0 aliphatic heterocycles. The van der Waals surface area contributed by atoms with Gasteiger partial charge >= 0.3 is 5.97 Å². The number of aldehydes is 1. The Bertz CT molecular complexity index is 1090. The number of rotatable bonds is 8. The Labute approximate surface area is 179 Å². The van der Waals surface area contributed by atoms with Crippen LogP contribution in [0.2, 0.25) is 0 Å². The molecule has 30 heavy (non-hydrogen) atoms. The highest BCUT2D eigenvalue weighted by molar-refractivity contribution is 7.10. The van der Waals surface area contributed by atoms with Gasteiger partial charge in [0.1, 0.15) is 17.3 Å². The standard InChI is InChI=1S/C24H22N2O3S/c27-14-21(19-9-1-2-10-20(19)24(28)29)25-18-8-3-5-16(13-18)11-12-23-26-22(15-30-23)17-6-4-7-17/h1-3,5,8-15,17,21,25H,4,6-7H2,(H,28,29)/b12-11+. The summed E-state index contributed by atoms with van der Waals surface area (Å²) in [5, 5.41) is 15.7. The molecule has 0 bridgehead atoms. The lowest BCUT2D eigenvalue weighted by molar-refractivity contribution is -0.108. The monoisotopic (exact) mass is 418 g/mol. The summed E-state index contributed by atoms with van der Waals surface area (Å²) in [6.07, 6.45) is 8.50. The van der Waals surface area contributed by atoms with Crippen LogP contribution in [0.4, 0.5) is 5.69 Å². The number of nitrogens with zero attached hydrogens (tertiary/aromatic N) is 1. The maximum absolute atomic E-state index is 11.7. The SMILES string of the molecule is O=CC(Nc1cccc(/C=C/c2nc(C3CCC3)cs2)c1)c1ccccc1C(=O)O. The number of carboxylic acids is 1. The van der Waals surface area contributed by atoms with Crippen LogP contribution in [0.5, 0.6) is 0 Å². The Balaban J connectivity index is 1.49. The van der Waals surface area contributed by atoms with Gasteiger partial charge in [-0.05, 0) is 48.2 Å². The fourth-order valence-corrected chi connectivity index (χ4v) is 4.29. The third-order valence-corrected chi connectivity index (χ3v) is 6.18. The average molecular weight is 419 g/mol. The Kier molecular flexibility index (Phi) is 6.05. The number of aromatic carboxylic acids is 1. The van der Waals surface area contributed by atoms with E-state index in [1.165, 1.54) is 31.0 Å². The summed E-state index contributed by atoms with van der Waals surface area (Å²) in [5.41, 5.74) is 3.46. The number of carboxylic acid groups (broad SMARTS) is 1. The third-order valence-electron chi connectivity index (χ3n) is 5.35. The Hall–Kier alpha value is -3.25. The van der Waals surface area contributed by atoms with Crippen molar-refractivity contribution < 1.29 is 14.7 Å². The van der Waals surface area contributed by atoms with Crippen molar-refractivity contribution in [1.82, 2.24) is 4.98 Å². The van der Waals surface area contributed by atoms with E-state index < -0.39 is 12.0 Å². The molecule has 5 nitrogen and oxygen atoms in total. The minimum atomic E-state index is -1.05. The highest BCUT2D eigenvalue weighted by Crippen LogP contribution is 2.36. The lowest BCUT2D eigenvalue weighted by Gasteiger charge is -2.22. The second-order valence-electron chi connectivity index (χ2n) is 7.35. The number of nitrogens with one attached hydrogen (secondary N) is 1. The molecule has 3 aromatic rings. The molecule has 1 aliphatic rings. The van der Waals surface area contributed by atoms with E-state index in [0.29, 0.717) is 11.5 Å². The maximum atomic E-state index is 11.7. The molecule has 1 aliphatic carbocycles. The number of carbonyl (C=O) groups excluding carboxylic acids is 1. The predicted molar refractivity (Wildman–Crippen MR) is 120 cm³/mol. The van der Waals surface area contributed by atoms with E-state index in [2.05, 4.69) is 10.7 Å². The van der Waals surface area contributed by atoms with Crippen LogP contribution in [0.1, 0.15) is 63.4 Å². The van der Waals surface area contributed by atoms with Crippen LogP contribution in [0.25, 0.3) is 12.2 Å². The van der Waals surface area contributed by atoms with E-state index in [9.17, 15) is 14.7 Å². The van der Waals surface area contributed by atoms with E-state index in [-0.39, 0.29) is 5.56 Å². The summed E-state index contributed by atoms with van der Waals surface area (Å²) in [5.74, 6) is -0.425. The Morgan fingerprint density at radius 1 is 1.17 bits per heavy atom. The molecule has 2 N–H and O–H groups in total. The van der Waals surface area contributed by atoms with Gasteiger partial charge in [0.25, 0.3) is 0 Å². The second-order valence-corrected chi connectivity index (χ2v) is 8.24. The molecule has 2 aromatic carbocycles. The third kappa shape index (κ3) is 4.49. The fraction of sp³-hybridized carbons (Fsp3) is 0.208. The number of benzene rings is 2. The quantitative estimate of drug-likeness (QED) is 0.463. The molecule has 0 saturated heterocycles. The Morgan fingerprint density at radius 3 is 2.73 bits per heavy atom. The van der Waals surface area contributed by atoms with Crippen molar-refractivity contribution in [2.24, 2.45) is 0 Å². The number of thiazole rings is 1. The number of carbonyl (C=O) groups is 2. The molecule has 0 amide bonds. The summed E-state index contributed by atoms with van der Waals surface area (Å²) < 4.78 is 0. The number of anilines is 1. The normalized spacial score (nSPS) is 14.9. The first-order valence-corrected chi connectivity index (χ1v) is 10.8. The van der Waals surface area contributed by atoms with Crippen molar-refractivity contribution in [2.75, 3.05) is 5.32 Å². The molecular formula is C24H22N2O3S. The minimum Gasteiger partial charge on any atom is -0.478 e. The van der Waals surface area contributed by atoms with Crippen molar-refractivity contribution in [3.63, 3.8) is 0 Å². The highest BCUT2D eigenvalue weighted by Gasteiger charge is 2.21. The van der Waals surface area contributed by atoms with Gasteiger partial charge in [0.15, 0.2) is 0 Å².